The standard InChI is InChI=1S/C14H15Cl2N3/c1-9-7-10(5-6-18-9)13(19-17)8-11-3-2-4-12(15)14(11)16/h2-7,13,19H,8,17H2,1H3. The third kappa shape index (κ3) is 3.45. The Balaban J connectivity index is 2.26. The Bertz CT molecular complexity index is 572. The van der Waals surface area contributed by atoms with Gasteiger partial charge in [-0.3, -0.25) is 16.3 Å². The first-order valence-corrected chi connectivity index (χ1v) is 6.69. The minimum absolute atomic E-state index is 0.0299. The lowest BCUT2D eigenvalue weighted by atomic mass is 9.99. The van der Waals surface area contributed by atoms with Gasteiger partial charge in [0.25, 0.3) is 0 Å². The highest BCUT2D eigenvalue weighted by atomic mass is 35.5. The van der Waals surface area contributed by atoms with Gasteiger partial charge < -0.3 is 0 Å². The highest BCUT2D eigenvalue weighted by molar-refractivity contribution is 6.42. The molecule has 0 aliphatic heterocycles. The summed E-state index contributed by atoms with van der Waals surface area (Å²) in [5.41, 5.74) is 5.80. The van der Waals surface area contributed by atoms with Crippen LogP contribution in [0.25, 0.3) is 0 Å². The summed E-state index contributed by atoms with van der Waals surface area (Å²) in [6, 6.07) is 9.52. The highest BCUT2D eigenvalue weighted by Gasteiger charge is 2.14. The van der Waals surface area contributed by atoms with Crippen LogP contribution in [0, 0.1) is 6.92 Å². The molecule has 0 amide bonds. The zero-order chi connectivity index (χ0) is 13.8. The van der Waals surface area contributed by atoms with Crippen molar-refractivity contribution in [2.75, 3.05) is 0 Å². The molecule has 3 nitrogen and oxygen atoms in total. The fourth-order valence-electron chi connectivity index (χ4n) is 1.98. The second kappa shape index (κ2) is 6.35. The number of hydrogen-bond donors (Lipinski definition) is 2. The van der Waals surface area contributed by atoms with Crippen LogP contribution < -0.4 is 11.3 Å². The number of aryl methyl sites for hydroxylation is 1. The summed E-state index contributed by atoms with van der Waals surface area (Å²) in [5, 5.41) is 1.14. The fourth-order valence-corrected chi connectivity index (χ4v) is 2.38. The Morgan fingerprint density at radius 1 is 1.32 bits per heavy atom. The van der Waals surface area contributed by atoms with E-state index in [1.807, 2.05) is 31.2 Å². The molecule has 100 valence electrons. The third-order valence-electron chi connectivity index (χ3n) is 2.98. The molecule has 1 heterocycles. The van der Waals surface area contributed by atoms with E-state index in [1.165, 1.54) is 0 Å². The van der Waals surface area contributed by atoms with Gasteiger partial charge in [-0.1, -0.05) is 35.3 Å². The van der Waals surface area contributed by atoms with Gasteiger partial charge in [0.2, 0.25) is 0 Å². The van der Waals surface area contributed by atoms with Crippen molar-refractivity contribution in [1.82, 2.24) is 10.4 Å². The van der Waals surface area contributed by atoms with Crippen LogP contribution in [0.2, 0.25) is 10.0 Å². The van der Waals surface area contributed by atoms with Crippen LogP contribution in [-0.2, 0) is 6.42 Å². The lowest BCUT2D eigenvalue weighted by molar-refractivity contribution is 0.551. The summed E-state index contributed by atoms with van der Waals surface area (Å²) >= 11 is 12.2. The summed E-state index contributed by atoms with van der Waals surface area (Å²) in [4.78, 5) is 4.18. The number of nitrogens with one attached hydrogen (secondary N) is 1. The summed E-state index contributed by atoms with van der Waals surface area (Å²) in [6.45, 7) is 1.95. The minimum atomic E-state index is -0.0299. The highest BCUT2D eigenvalue weighted by Crippen LogP contribution is 2.29. The molecule has 0 saturated heterocycles. The molecule has 2 aromatic rings. The summed E-state index contributed by atoms with van der Waals surface area (Å²) < 4.78 is 0. The molecular weight excluding hydrogens is 281 g/mol. The second-order valence-corrected chi connectivity index (χ2v) is 5.15. The van der Waals surface area contributed by atoms with Gasteiger partial charge in [-0.05, 0) is 42.7 Å². The maximum atomic E-state index is 6.20. The summed E-state index contributed by atoms with van der Waals surface area (Å²) in [5.74, 6) is 5.64. The Hall–Kier alpha value is -1.13. The van der Waals surface area contributed by atoms with Gasteiger partial charge in [-0.15, -0.1) is 0 Å². The largest absolute Gasteiger partial charge is 0.271 e. The number of aromatic nitrogens is 1. The van der Waals surface area contributed by atoms with Crippen LogP contribution in [0.4, 0.5) is 0 Å². The van der Waals surface area contributed by atoms with Crippen molar-refractivity contribution < 1.29 is 0 Å². The van der Waals surface area contributed by atoms with E-state index in [1.54, 1.807) is 12.3 Å². The first-order chi connectivity index (χ1) is 9.11. The molecule has 1 unspecified atom stereocenters. The molecule has 0 saturated carbocycles. The zero-order valence-corrected chi connectivity index (χ0v) is 12.0. The predicted molar refractivity (Wildman–Crippen MR) is 79.2 cm³/mol. The molecule has 5 heteroatoms. The lowest BCUT2D eigenvalue weighted by Gasteiger charge is -2.17. The minimum Gasteiger partial charge on any atom is -0.271 e. The maximum absolute atomic E-state index is 6.20. The van der Waals surface area contributed by atoms with E-state index in [9.17, 15) is 0 Å². The van der Waals surface area contributed by atoms with Gasteiger partial charge in [0.1, 0.15) is 0 Å². The van der Waals surface area contributed by atoms with Crippen molar-refractivity contribution in [2.24, 2.45) is 5.84 Å². The molecule has 3 N–H and O–H groups in total. The molecule has 1 atom stereocenters. The zero-order valence-electron chi connectivity index (χ0n) is 10.5. The predicted octanol–water partition coefficient (Wildman–Crippen LogP) is 3.44. The van der Waals surface area contributed by atoms with E-state index < -0.39 is 0 Å². The number of hydrogen-bond acceptors (Lipinski definition) is 3. The van der Waals surface area contributed by atoms with Gasteiger partial charge in [0.05, 0.1) is 16.1 Å². The number of rotatable bonds is 4. The molecule has 0 bridgehead atoms. The monoisotopic (exact) mass is 295 g/mol. The Labute approximate surface area is 122 Å². The van der Waals surface area contributed by atoms with E-state index in [0.717, 1.165) is 16.8 Å². The molecule has 0 fully saturated rings. The van der Waals surface area contributed by atoms with Crippen LogP contribution >= 0.6 is 23.2 Å². The first-order valence-electron chi connectivity index (χ1n) is 5.93. The average Bonchev–Trinajstić information content (AvgIpc) is 2.40. The number of benzene rings is 1. The molecule has 0 aliphatic rings. The van der Waals surface area contributed by atoms with E-state index in [2.05, 4.69) is 10.4 Å². The van der Waals surface area contributed by atoms with Crippen molar-refractivity contribution >= 4 is 23.2 Å². The van der Waals surface area contributed by atoms with E-state index in [4.69, 9.17) is 29.0 Å². The van der Waals surface area contributed by atoms with Gasteiger partial charge in [0.15, 0.2) is 0 Å². The summed E-state index contributed by atoms with van der Waals surface area (Å²) in [7, 11) is 0. The van der Waals surface area contributed by atoms with Crippen LogP contribution in [-0.4, -0.2) is 4.98 Å². The molecule has 1 aromatic carbocycles. The third-order valence-corrected chi connectivity index (χ3v) is 3.84. The van der Waals surface area contributed by atoms with Crippen LogP contribution in [0.1, 0.15) is 22.9 Å². The topological polar surface area (TPSA) is 50.9 Å². The molecule has 0 aliphatic carbocycles. The Morgan fingerprint density at radius 2 is 2.11 bits per heavy atom. The van der Waals surface area contributed by atoms with Gasteiger partial charge in [-0.2, -0.15) is 0 Å². The Morgan fingerprint density at radius 3 is 2.79 bits per heavy atom. The number of hydrazine groups is 1. The fraction of sp³-hybridized carbons (Fsp3) is 0.214. The molecule has 2 rings (SSSR count). The SMILES string of the molecule is Cc1cc(C(Cc2cccc(Cl)c2Cl)NN)ccn1. The van der Waals surface area contributed by atoms with Crippen molar-refractivity contribution in [2.45, 2.75) is 19.4 Å². The number of halogens is 2. The van der Waals surface area contributed by atoms with E-state index in [-0.39, 0.29) is 6.04 Å². The van der Waals surface area contributed by atoms with Gasteiger partial charge >= 0.3 is 0 Å². The van der Waals surface area contributed by atoms with Crippen LogP contribution in [0.3, 0.4) is 0 Å². The Kier molecular flexibility index (Phi) is 4.77. The van der Waals surface area contributed by atoms with Crippen molar-refractivity contribution in [3.63, 3.8) is 0 Å². The molecule has 19 heavy (non-hydrogen) atoms. The first kappa shape index (κ1) is 14.3. The quantitative estimate of drug-likeness (QED) is 0.671. The van der Waals surface area contributed by atoms with Crippen molar-refractivity contribution in [3.8, 4) is 0 Å². The normalized spacial score (nSPS) is 12.4. The van der Waals surface area contributed by atoms with Crippen LogP contribution in [0.5, 0.6) is 0 Å². The average molecular weight is 296 g/mol. The number of pyridine rings is 1. The van der Waals surface area contributed by atoms with E-state index >= 15 is 0 Å². The number of nitrogens with zero attached hydrogens (tertiary/aromatic N) is 1. The lowest BCUT2D eigenvalue weighted by Crippen LogP contribution is -2.29. The molecular formula is C14H15Cl2N3. The molecule has 0 radical (unpaired) electrons. The van der Waals surface area contributed by atoms with Gasteiger partial charge in [-0.25, -0.2) is 0 Å². The number of nitrogens with two attached hydrogens (primary N) is 1. The second-order valence-electron chi connectivity index (χ2n) is 4.37. The molecule has 0 spiro atoms. The van der Waals surface area contributed by atoms with Crippen molar-refractivity contribution in [3.05, 3.63) is 63.4 Å². The van der Waals surface area contributed by atoms with E-state index in [0.29, 0.717) is 16.5 Å². The summed E-state index contributed by atoms with van der Waals surface area (Å²) in [6.07, 6.45) is 2.44. The smallest absolute Gasteiger partial charge is 0.0624 e. The maximum Gasteiger partial charge on any atom is 0.0624 e. The molecule has 1 aromatic heterocycles. The van der Waals surface area contributed by atoms with Gasteiger partial charge in [0, 0.05) is 11.9 Å². The van der Waals surface area contributed by atoms with Crippen LogP contribution in [0.15, 0.2) is 36.5 Å². The van der Waals surface area contributed by atoms with Crippen molar-refractivity contribution in [1.29, 1.82) is 0 Å².